The van der Waals surface area contributed by atoms with Gasteiger partial charge in [0.05, 0.1) is 11.1 Å². The van der Waals surface area contributed by atoms with Crippen LogP contribution in [0.1, 0.15) is 112 Å². The molecule has 0 spiro atoms. The third-order valence-corrected chi connectivity index (χ3v) is 28.6. The monoisotopic (exact) mass is 2330 g/mol. The van der Waals surface area contributed by atoms with E-state index in [1.807, 2.05) is 81.3 Å². The first kappa shape index (κ1) is 114. The molecule has 142 heavy (non-hydrogen) atoms. The van der Waals surface area contributed by atoms with E-state index in [1.165, 1.54) is 237 Å². The number of anilines is 4. The van der Waals surface area contributed by atoms with E-state index < -0.39 is 5.41 Å². The number of alkyl halides is 6. The lowest BCUT2D eigenvalue weighted by atomic mass is 9.67. The largest absolute Gasteiger partial charge is 0.378 e. The second-order valence-electron chi connectivity index (χ2n) is 38.5. The van der Waals surface area contributed by atoms with Gasteiger partial charge in [-0.3, -0.25) is 4.90 Å². The van der Waals surface area contributed by atoms with E-state index in [-0.39, 0.29) is 4.45 Å². The van der Waals surface area contributed by atoms with Crippen LogP contribution < -0.4 is 19.6 Å². The molecule has 18 aromatic carbocycles. The number of hydrogen-bond donors (Lipinski definition) is 0. The number of rotatable bonds is 8. The van der Waals surface area contributed by atoms with Gasteiger partial charge in [0, 0.05) is 94.6 Å². The van der Waals surface area contributed by atoms with Crippen LogP contribution in [0.4, 0.5) is 22.7 Å². The zero-order chi connectivity index (χ0) is 104. The lowest BCUT2D eigenvalue weighted by Crippen LogP contribution is -2.34. The maximum absolute atomic E-state index is 4.09. The summed E-state index contributed by atoms with van der Waals surface area (Å²) in [6.45, 7) is 22.0. The van der Waals surface area contributed by atoms with Gasteiger partial charge >= 0.3 is 0 Å². The molecule has 3 aliphatic rings. The predicted octanol–water partition coefficient (Wildman–Crippen LogP) is 35.7. The van der Waals surface area contributed by atoms with Crippen molar-refractivity contribution < 1.29 is 0 Å². The van der Waals surface area contributed by atoms with Crippen LogP contribution in [0.3, 0.4) is 0 Å². The van der Waals surface area contributed by atoms with Crippen molar-refractivity contribution in [2.45, 2.75) is 85.0 Å². The van der Waals surface area contributed by atoms with Gasteiger partial charge in [-0.1, -0.05) is 382 Å². The standard InChI is InChI=1S/C33H28BrN.C27H25N.C21H20BrN.2C18H19N.2C3H9N.5CH3Br/c1-21-9-18-29-30(19-21)33(23-10-14-25(34)15-11-23,24-12-16-26(17-13-24)35(3)4)31-20-22(2)27-7-5-6-8-28(27)32(29)31;1-17-9-14-23-24(15-17)26(19-10-12-20(13-11-19)28(3)4)25-16-18(2)21-7-5-6-8-22(21)27(23)25;1-13-9-10-17-18(11-13)21(22,23(3)4)19-12-14(2)15-7-5-6-8-16(15)20(17)19;1-12-6-8-16-15(9-12)11-14-7-5-13(2)10-17(14)18(16)19(3)4;1-12-15-7-5-6-8-16(15)13(2)18-11-14(19(3)4)9-10-17(12)18;2*1-4(2)3;5*1-2/h5-20H,1-4H3;5-16,26H,1-4H3;5-12H,1-4H3;2*5-11H,1-4H3;2*1-3H3;5*1H3. The minimum Gasteiger partial charge on any atom is -0.378 e. The Hall–Kier alpha value is -9.78. The maximum atomic E-state index is 4.09. The van der Waals surface area contributed by atoms with Crippen LogP contribution >= 0.6 is 112 Å². The van der Waals surface area contributed by atoms with Crippen molar-refractivity contribution in [3.05, 3.63) is 413 Å². The fourth-order valence-electron chi connectivity index (χ4n) is 20.3. The van der Waals surface area contributed by atoms with Crippen LogP contribution in [-0.4, -0.2) is 157 Å². The Labute approximate surface area is 909 Å². The number of hydrogen-bond acceptors (Lipinski definition) is 7. The summed E-state index contributed by atoms with van der Waals surface area (Å²) >= 11 is 22.4. The maximum Gasteiger partial charge on any atom is 0.129 e. The molecule has 0 bridgehead atoms. The third kappa shape index (κ3) is 24.1. The molecule has 0 aliphatic heterocycles. The van der Waals surface area contributed by atoms with Crippen LogP contribution in [0.15, 0.2) is 308 Å². The molecule has 0 radical (unpaired) electrons. The van der Waals surface area contributed by atoms with Gasteiger partial charge in [0.15, 0.2) is 0 Å². The lowest BCUT2D eigenvalue weighted by molar-refractivity contribution is 0.318. The van der Waals surface area contributed by atoms with Crippen LogP contribution in [0.2, 0.25) is 0 Å². The summed E-state index contributed by atoms with van der Waals surface area (Å²) in [5.74, 6) is 9.36. The zero-order valence-corrected chi connectivity index (χ0v) is 100. The Morgan fingerprint density at radius 2 is 0.606 bits per heavy atom. The molecule has 14 heteroatoms. The summed E-state index contributed by atoms with van der Waals surface area (Å²) in [5.41, 5.74) is 38.3. The molecule has 0 saturated carbocycles. The molecule has 0 heterocycles. The number of fused-ring (bicyclic) bond motifs is 19. The van der Waals surface area contributed by atoms with Gasteiger partial charge in [-0.2, -0.15) is 0 Å². The molecule has 0 saturated heterocycles. The highest BCUT2D eigenvalue weighted by molar-refractivity contribution is 9.10. The van der Waals surface area contributed by atoms with Crippen molar-refractivity contribution in [2.24, 2.45) is 0 Å². The van der Waals surface area contributed by atoms with Crippen molar-refractivity contribution in [1.29, 1.82) is 0 Å². The third-order valence-electron chi connectivity index (χ3n) is 26.5. The summed E-state index contributed by atoms with van der Waals surface area (Å²) in [5, 5.41) is 18.8. The normalized spacial score (nSPS) is 13.7. The zero-order valence-electron chi connectivity index (χ0n) is 89.2. The van der Waals surface area contributed by atoms with Crippen LogP contribution in [0.5, 0.6) is 0 Å². The summed E-state index contributed by atoms with van der Waals surface area (Å²) in [6.07, 6.45) is 0. The van der Waals surface area contributed by atoms with E-state index >= 15 is 0 Å². The predicted molar refractivity (Wildman–Crippen MR) is 660 cm³/mol. The van der Waals surface area contributed by atoms with E-state index in [1.54, 1.807) is 0 Å². The Kier molecular flexibility index (Phi) is 41.3. The summed E-state index contributed by atoms with van der Waals surface area (Å²) in [6, 6.07) is 113. The molecule has 3 unspecified atom stereocenters. The lowest BCUT2D eigenvalue weighted by Gasteiger charge is -2.34. The molecule has 0 fully saturated rings. The van der Waals surface area contributed by atoms with Gasteiger partial charge in [-0.05, 0) is 391 Å². The van der Waals surface area contributed by atoms with Crippen molar-refractivity contribution in [3.8, 4) is 33.4 Å². The fourth-order valence-corrected chi connectivity index (χ4v) is 21.2. The van der Waals surface area contributed by atoms with E-state index in [0.717, 1.165) is 4.47 Å². The Bertz CT molecular complexity index is 7380. The highest BCUT2D eigenvalue weighted by atomic mass is 79.9. The topological polar surface area (TPSA) is 22.7 Å². The van der Waals surface area contributed by atoms with Gasteiger partial charge in [-0.25, -0.2) is 0 Å². The number of benzene rings is 18. The highest BCUT2D eigenvalue weighted by Gasteiger charge is 2.48. The average molecular weight is 2340 g/mol. The summed E-state index contributed by atoms with van der Waals surface area (Å²) in [4.78, 5) is 15.0. The number of aryl methyl sites for hydroxylation is 10. The minimum absolute atomic E-state index is 0.265. The van der Waals surface area contributed by atoms with E-state index in [2.05, 4.69) is 579 Å². The van der Waals surface area contributed by atoms with Gasteiger partial charge in [0.1, 0.15) is 4.45 Å². The summed E-state index contributed by atoms with van der Waals surface area (Å²) < 4.78 is 0.829. The van der Waals surface area contributed by atoms with E-state index in [9.17, 15) is 0 Å². The highest BCUT2D eigenvalue weighted by Crippen LogP contribution is 2.61. The van der Waals surface area contributed by atoms with Crippen LogP contribution in [-0.2, 0) is 9.86 Å². The molecule has 3 atom stereocenters. The van der Waals surface area contributed by atoms with E-state index in [0.29, 0.717) is 5.92 Å². The Balaban J connectivity index is 0.000000178. The van der Waals surface area contributed by atoms with E-state index in [4.69, 9.17) is 0 Å². The van der Waals surface area contributed by atoms with Gasteiger partial charge in [0.25, 0.3) is 0 Å². The van der Waals surface area contributed by atoms with Gasteiger partial charge in [-0.15, -0.1) is 0 Å². The SMILES string of the molecule is CBr.CBr.CBr.CBr.CBr.CN(C)C.CN(C)C.Cc1c2ccccc2c(C)c2cc(N(C)C)ccc12.Cc1ccc2c(N(C)C)c3cc(C)ccc3cc2c1.Cc1ccc2c(c1)C(Br)(N(C)C)c1cc(C)c3ccccc3c1-2.Cc1ccc2c(c1)C(c1ccc(Br)cc1)(c1ccc(N(C)C)cc1)c1cc(C)c3ccccc3c1-2.Cc1ccc2c(c1)C(c1ccc(N(C)C)cc1)c1cc(C)c3ccccc3c1-2. The molecule has 18 aromatic rings. The molecular weight excluding hydrogens is 2190 g/mol. The fraction of sp³-hybridized carbons (Fsp3) is 0.266. The first-order valence-corrected chi connectivity index (χ1v) is 57.4. The summed E-state index contributed by atoms with van der Waals surface area (Å²) in [7, 11) is 33.1. The second kappa shape index (κ2) is 51.3. The number of nitrogens with zero attached hydrogens (tertiary/aromatic N) is 7. The van der Waals surface area contributed by atoms with Crippen LogP contribution in [0, 0.1) is 69.2 Å². The average Bonchev–Trinajstić information content (AvgIpc) is 1.52. The van der Waals surface area contributed by atoms with Crippen molar-refractivity contribution in [2.75, 3.05) is 162 Å². The van der Waals surface area contributed by atoms with Crippen molar-refractivity contribution >= 4 is 210 Å². The molecule has 7 nitrogen and oxygen atoms in total. The molecular formula is C128H144Br7N7. The Morgan fingerprint density at radius 3 is 1.08 bits per heavy atom. The van der Waals surface area contributed by atoms with Gasteiger partial charge < -0.3 is 29.4 Å². The number of halogens is 7. The second-order valence-corrected chi connectivity index (χ2v) is 40.6. The smallest absolute Gasteiger partial charge is 0.129 e. The minimum atomic E-state index is -0.392. The molecule has 0 N–H and O–H groups in total. The molecule has 3 aliphatic carbocycles. The quantitative estimate of drug-likeness (QED) is 0.0848. The van der Waals surface area contributed by atoms with Crippen molar-refractivity contribution in [1.82, 2.24) is 14.7 Å². The van der Waals surface area contributed by atoms with Crippen molar-refractivity contribution in [3.63, 3.8) is 0 Å². The molecule has 0 aromatic heterocycles. The first-order chi connectivity index (χ1) is 68.0. The molecule has 0 amide bonds. The molecule has 21 rings (SSSR count). The first-order valence-electron chi connectivity index (χ1n) is 47.9. The molecule has 740 valence electrons. The van der Waals surface area contributed by atoms with Crippen LogP contribution in [0.25, 0.3) is 109 Å². The van der Waals surface area contributed by atoms with Gasteiger partial charge in [0.2, 0.25) is 0 Å². The Morgan fingerprint density at radius 1 is 0.246 bits per heavy atom.